The molecular weight excluding hydrogens is 182 g/mol. The molecule has 0 aliphatic carbocycles. The van der Waals surface area contributed by atoms with Gasteiger partial charge < -0.3 is 0 Å². The van der Waals surface area contributed by atoms with Gasteiger partial charge in [-0.15, -0.1) is 0 Å². The number of hydrogen-bond donors (Lipinski definition) is 0. The summed E-state index contributed by atoms with van der Waals surface area (Å²) in [4.78, 5) is 4.66. The van der Waals surface area contributed by atoms with E-state index in [1.807, 2.05) is 12.1 Å². The lowest BCUT2D eigenvalue weighted by Gasteiger charge is -2.17. The maximum absolute atomic E-state index is 4.66. The molecule has 0 radical (unpaired) electrons. The largest absolute Gasteiger partial charge is 0.258 e. The van der Waals surface area contributed by atoms with Crippen molar-refractivity contribution < 1.29 is 0 Å². The molecule has 0 aliphatic rings. The highest BCUT2D eigenvalue weighted by Crippen LogP contribution is 2.23. The van der Waals surface area contributed by atoms with Crippen molar-refractivity contribution in [2.45, 2.75) is 41.0 Å². The second-order valence-corrected chi connectivity index (χ2v) is 5.37. The van der Waals surface area contributed by atoms with Gasteiger partial charge in [-0.1, -0.05) is 39.0 Å². The molecule has 1 rings (SSSR count). The van der Waals surface area contributed by atoms with Crippen LogP contribution in [0.4, 0.5) is 5.69 Å². The third kappa shape index (κ3) is 4.28. The molecule has 0 atom stereocenters. The number of benzene rings is 1. The van der Waals surface area contributed by atoms with E-state index in [4.69, 9.17) is 0 Å². The van der Waals surface area contributed by atoms with E-state index >= 15 is 0 Å². The summed E-state index contributed by atoms with van der Waals surface area (Å²) in [5.74, 6) is 0. The molecule has 0 aliphatic heterocycles. The summed E-state index contributed by atoms with van der Waals surface area (Å²) in [7, 11) is 0. The van der Waals surface area contributed by atoms with Gasteiger partial charge in [0.2, 0.25) is 0 Å². The number of nitrogens with zero attached hydrogens (tertiary/aromatic N) is 1. The van der Waals surface area contributed by atoms with Gasteiger partial charge in [-0.2, -0.15) is 0 Å². The molecule has 0 bridgehead atoms. The summed E-state index contributed by atoms with van der Waals surface area (Å²) in [5.41, 5.74) is 3.86. The Balaban J connectivity index is 2.84. The van der Waals surface area contributed by atoms with Gasteiger partial charge in [0.25, 0.3) is 0 Å². The SMILES string of the molecule is CC(CC(C)(C)C)=Nc1ccccc1C. The van der Waals surface area contributed by atoms with Crippen LogP contribution >= 0.6 is 0 Å². The Morgan fingerprint density at radius 3 is 2.33 bits per heavy atom. The van der Waals surface area contributed by atoms with Crippen LogP contribution in [0.5, 0.6) is 0 Å². The maximum atomic E-state index is 4.66. The fraction of sp³-hybridized carbons (Fsp3) is 0.500. The summed E-state index contributed by atoms with van der Waals surface area (Å²) in [6.07, 6.45) is 1.04. The highest BCUT2D eigenvalue weighted by molar-refractivity contribution is 5.85. The molecule has 1 aromatic carbocycles. The average molecular weight is 203 g/mol. The van der Waals surface area contributed by atoms with E-state index in [1.54, 1.807) is 0 Å². The van der Waals surface area contributed by atoms with Crippen molar-refractivity contribution in [2.24, 2.45) is 10.4 Å². The zero-order valence-electron chi connectivity index (χ0n) is 10.5. The lowest BCUT2D eigenvalue weighted by atomic mass is 9.90. The number of para-hydroxylation sites is 1. The van der Waals surface area contributed by atoms with Crippen LogP contribution in [0.3, 0.4) is 0 Å². The van der Waals surface area contributed by atoms with Crippen molar-refractivity contribution in [2.75, 3.05) is 0 Å². The molecule has 0 unspecified atom stereocenters. The van der Waals surface area contributed by atoms with E-state index in [0.29, 0.717) is 5.41 Å². The number of aliphatic imine (C=N–C) groups is 1. The zero-order valence-corrected chi connectivity index (χ0v) is 10.5. The number of rotatable bonds is 2. The van der Waals surface area contributed by atoms with Crippen LogP contribution in [0.25, 0.3) is 0 Å². The molecule has 1 aromatic rings. The predicted octanol–water partition coefficient (Wildman–Crippen LogP) is 4.52. The van der Waals surface area contributed by atoms with Gasteiger partial charge in [-0.25, -0.2) is 0 Å². The lowest BCUT2D eigenvalue weighted by molar-refractivity contribution is 0.433. The van der Waals surface area contributed by atoms with E-state index in [2.05, 4.69) is 51.7 Å². The van der Waals surface area contributed by atoms with Crippen molar-refractivity contribution in [1.29, 1.82) is 0 Å². The quantitative estimate of drug-likeness (QED) is 0.626. The second-order valence-electron chi connectivity index (χ2n) is 5.37. The van der Waals surface area contributed by atoms with Crippen molar-refractivity contribution in [3.63, 3.8) is 0 Å². The Labute approximate surface area is 93.2 Å². The predicted molar refractivity (Wildman–Crippen MR) is 68.0 cm³/mol. The standard InChI is InChI=1S/C14H21N/c1-11-8-6-7-9-13(11)15-12(2)10-14(3,4)5/h6-9H,10H2,1-5H3. The third-order valence-electron chi connectivity index (χ3n) is 2.21. The minimum atomic E-state index is 0.316. The molecule has 15 heavy (non-hydrogen) atoms. The van der Waals surface area contributed by atoms with Crippen LogP contribution < -0.4 is 0 Å². The van der Waals surface area contributed by atoms with Crippen molar-refractivity contribution >= 4 is 11.4 Å². The highest BCUT2D eigenvalue weighted by Gasteiger charge is 2.11. The average Bonchev–Trinajstić information content (AvgIpc) is 2.05. The highest BCUT2D eigenvalue weighted by atomic mass is 14.7. The molecule has 1 heteroatoms. The molecule has 0 amide bonds. The van der Waals surface area contributed by atoms with E-state index in [-0.39, 0.29) is 0 Å². The van der Waals surface area contributed by atoms with Crippen LogP contribution in [0, 0.1) is 12.3 Å². The van der Waals surface area contributed by atoms with E-state index in [1.165, 1.54) is 11.3 Å². The summed E-state index contributed by atoms with van der Waals surface area (Å²) in [5, 5.41) is 0. The topological polar surface area (TPSA) is 12.4 Å². The summed E-state index contributed by atoms with van der Waals surface area (Å²) < 4.78 is 0. The Hall–Kier alpha value is -1.11. The number of aryl methyl sites for hydroxylation is 1. The first kappa shape index (κ1) is 12.0. The monoisotopic (exact) mass is 203 g/mol. The van der Waals surface area contributed by atoms with Gasteiger partial charge in [0.15, 0.2) is 0 Å². The van der Waals surface area contributed by atoms with E-state index < -0.39 is 0 Å². The first-order valence-electron chi connectivity index (χ1n) is 5.48. The molecule has 0 fully saturated rings. The molecule has 0 saturated heterocycles. The fourth-order valence-electron chi connectivity index (χ4n) is 1.70. The minimum absolute atomic E-state index is 0.316. The molecule has 1 nitrogen and oxygen atoms in total. The minimum Gasteiger partial charge on any atom is -0.258 e. The van der Waals surface area contributed by atoms with Crippen molar-refractivity contribution in [3.8, 4) is 0 Å². The Morgan fingerprint density at radius 2 is 1.80 bits per heavy atom. The van der Waals surface area contributed by atoms with Gasteiger partial charge in [0.1, 0.15) is 0 Å². The smallest absolute Gasteiger partial charge is 0.0658 e. The molecule has 0 spiro atoms. The molecule has 0 saturated carbocycles. The lowest BCUT2D eigenvalue weighted by Crippen LogP contribution is -2.10. The summed E-state index contributed by atoms with van der Waals surface area (Å²) in [6.45, 7) is 10.9. The van der Waals surface area contributed by atoms with Crippen molar-refractivity contribution in [1.82, 2.24) is 0 Å². The molecule has 82 valence electrons. The molecular formula is C14H21N. The van der Waals surface area contributed by atoms with Crippen LogP contribution in [0.15, 0.2) is 29.3 Å². The van der Waals surface area contributed by atoms with Crippen LogP contribution in [-0.4, -0.2) is 5.71 Å². The Kier molecular flexibility index (Phi) is 3.67. The first-order valence-corrected chi connectivity index (χ1v) is 5.48. The van der Waals surface area contributed by atoms with Gasteiger partial charge in [0.05, 0.1) is 5.69 Å². The molecule has 0 heterocycles. The van der Waals surface area contributed by atoms with Gasteiger partial charge in [0, 0.05) is 5.71 Å². The Morgan fingerprint density at radius 1 is 1.20 bits per heavy atom. The molecule has 0 aromatic heterocycles. The third-order valence-corrected chi connectivity index (χ3v) is 2.21. The van der Waals surface area contributed by atoms with Gasteiger partial charge in [-0.05, 0) is 37.3 Å². The first-order chi connectivity index (χ1) is 6.88. The normalized spacial score (nSPS) is 13.0. The van der Waals surface area contributed by atoms with Crippen LogP contribution in [-0.2, 0) is 0 Å². The second kappa shape index (κ2) is 4.61. The van der Waals surface area contributed by atoms with Crippen LogP contribution in [0.2, 0.25) is 0 Å². The van der Waals surface area contributed by atoms with E-state index in [9.17, 15) is 0 Å². The van der Waals surface area contributed by atoms with Gasteiger partial charge in [-0.3, -0.25) is 4.99 Å². The van der Waals surface area contributed by atoms with Gasteiger partial charge >= 0.3 is 0 Å². The summed E-state index contributed by atoms with van der Waals surface area (Å²) in [6, 6.07) is 8.26. The zero-order chi connectivity index (χ0) is 11.5. The molecule has 0 N–H and O–H groups in total. The van der Waals surface area contributed by atoms with E-state index in [0.717, 1.165) is 12.1 Å². The van der Waals surface area contributed by atoms with Crippen molar-refractivity contribution in [3.05, 3.63) is 29.8 Å². The number of hydrogen-bond acceptors (Lipinski definition) is 1. The maximum Gasteiger partial charge on any atom is 0.0658 e. The summed E-state index contributed by atoms with van der Waals surface area (Å²) >= 11 is 0. The Bertz CT molecular complexity index is 356. The van der Waals surface area contributed by atoms with Crippen LogP contribution in [0.1, 0.15) is 39.7 Å². The fourth-order valence-corrected chi connectivity index (χ4v) is 1.70.